The molecule has 0 atom stereocenters. The van der Waals surface area contributed by atoms with E-state index in [-0.39, 0.29) is 5.91 Å². The summed E-state index contributed by atoms with van der Waals surface area (Å²) >= 11 is 11.8. The Labute approximate surface area is 128 Å². The van der Waals surface area contributed by atoms with Crippen LogP contribution in [-0.4, -0.2) is 17.9 Å². The molecule has 0 saturated heterocycles. The maximum Gasteiger partial charge on any atom is 0.227 e. The Bertz CT molecular complexity index is 596. The van der Waals surface area contributed by atoms with Crippen LogP contribution in [0, 0.1) is 0 Å². The lowest BCUT2D eigenvalue weighted by atomic mass is 10.1. The second-order valence-corrected chi connectivity index (χ2v) is 5.56. The van der Waals surface area contributed by atoms with E-state index in [2.05, 4.69) is 0 Å². The molecule has 0 spiro atoms. The highest BCUT2D eigenvalue weighted by Crippen LogP contribution is 2.14. The summed E-state index contributed by atoms with van der Waals surface area (Å²) in [6.45, 7) is 0.549. The van der Waals surface area contributed by atoms with E-state index in [1.165, 1.54) is 0 Å². The Balaban J connectivity index is 1.96. The SMILES string of the molecule is CN(Cc1cccc(Cl)c1)C(=O)Cc1ccc(Cl)cc1. The van der Waals surface area contributed by atoms with E-state index >= 15 is 0 Å². The summed E-state index contributed by atoms with van der Waals surface area (Å²) in [5.74, 6) is 0.0623. The van der Waals surface area contributed by atoms with Crippen molar-refractivity contribution < 1.29 is 4.79 Å². The largest absolute Gasteiger partial charge is 0.341 e. The van der Waals surface area contributed by atoms with Crippen molar-refractivity contribution in [3.63, 3.8) is 0 Å². The van der Waals surface area contributed by atoms with Gasteiger partial charge in [0, 0.05) is 23.6 Å². The fraction of sp³-hybridized carbons (Fsp3) is 0.188. The Morgan fingerprint density at radius 1 is 1.00 bits per heavy atom. The average molecular weight is 308 g/mol. The number of hydrogen-bond acceptors (Lipinski definition) is 1. The maximum absolute atomic E-state index is 12.1. The highest BCUT2D eigenvalue weighted by Gasteiger charge is 2.10. The molecule has 2 rings (SSSR count). The number of hydrogen-bond donors (Lipinski definition) is 0. The zero-order chi connectivity index (χ0) is 14.5. The molecule has 104 valence electrons. The molecule has 2 aromatic rings. The number of carbonyl (C=O) groups excluding carboxylic acids is 1. The van der Waals surface area contributed by atoms with Crippen LogP contribution in [-0.2, 0) is 17.8 Å². The number of likely N-dealkylation sites (N-methyl/N-ethyl adjacent to an activating group) is 1. The van der Waals surface area contributed by atoms with Crippen LogP contribution in [0.25, 0.3) is 0 Å². The monoisotopic (exact) mass is 307 g/mol. The van der Waals surface area contributed by atoms with E-state index in [4.69, 9.17) is 23.2 Å². The lowest BCUT2D eigenvalue weighted by Crippen LogP contribution is -2.27. The summed E-state index contributed by atoms with van der Waals surface area (Å²) in [5, 5.41) is 1.36. The standard InChI is InChI=1S/C16H15Cl2NO/c1-19(11-13-3-2-4-15(18)9-13)16(20)10-12-5-7-14(17)8-6-12/h2-9H,10-11H2,1H3. The van der Waals surface area contributed by atoms with Gasteiger partial charge in [-0.25, -0.2) is 0 Å². The molecule has 0 aromatic heterocycles. The van der Waals surface area contributed by atoms with Gasteiger partial charge in [0.2, 0.25) is 5.91 Å². The molecule has 0 radical (unpaired) electrons. The van der Waals surface area contributed by atoms with Gasteiger partial charge in [-0.3, -0.25) is 4.79 Å². The smallest absolute Gasteiger partial charge is 0.227 e. The summed E-state index contributed by atoms with van der Waals surface area (Å²) < 4.78 is 0. The molecule has 0 aliphatic rings. The molecule has 0 heterocycles. The number of nitrogens with zero attached hydrogens (tertiary/aromatic N) is 1. The third-order valence-electron chi connectivity index (χ3n) is 3.00. The minimum absolute atomic E-state index is 0.0623. The third-order valence-corrected chi connectivity index (χ3v) is 3.49. The Kier molecular flexibility index (Phi) is 5.05. The van der Waals surface area contributed by atoms with Gasteiger partial charge in [-0.15, -0.1) is 0 Å². The number of carbonyl (C=O) groups is 1. The van der Waals surface area contributed by atoms with Crippen LogP contribution in [0.1, 0.15) is 11.1 Å². The lowest BCUT2D eigenvalue weighted by molar-refractivity contribution is -0.129. The molecule has 0 aliphatic carbocycles. The second-order valence-electron chi connectivity index (χ2n) is 4.68. The van der Waals surface area contributed by atoms with Crippen LogP contribution in [0.15, 0.2) is 48.5 Å². The summed E-state index contributed by atoms with van der Waals surface area (Å²) in [5.41, 5.74) is 1.97. The van der Waals surface area contributed by atoms with E-state index in [0.717, 1.165) is 11.1 Å². The normalized spacial score (nSPS) is 10.3. The van der Waals surface area contributed by atoms with Gasteiger partial charge >= 0.3 is 0 Å². The van der Waals surface area contributed by atoms with Gasteiger partial charge < -0.3 is 4.90 Å². The van der Waals surface area contributed by atoms with Crippen LogP contribution in [0.3, 0.4) is 0 Å². The molecule has 2 nitrogen and oxygen atoms in total. The topological polar surface area (TPSA) is 20.3 Å². The molecular formula is C16H15Cl2NO. The fourth-order valence-electron chi connectivity index (χ4n) is 1.91. The van der Waals surface area contributed by atoms with Crippen molar-refractivity contribution in [2.45, 2.75) is 13.0 Å². The van der Waals surface area contributed by atoms with Crippen LogP contribution in [0.5, 0.6) is 0 Å². The Morgan fingerprint density at radius 2 is 1.70 bits per heavy atom. The van der Waals surface area contributed by atoms with E-state index in [0.29, 0.717) is 23.0 Å². The zero-order valence-electron chi connectivity index (χ0n) is 11.1. The van der Waals surface area contributed by atoms with E-state index < -0.39 is 0 Å². The molecule has 4 heteroatoms. The first-order chi connectivity index (χ1) is 9.54. The minimum atomic E-state index is 0.0623. The van der Waals surface area contributed by atoms with Crippen LogP contribution >= 0.6 is 23.2 Å². The molecular weight excluding hydrogens is 293 g/mol. The zero-order valence-corrected chi connectivity index (χ0v) is 12.7. The predicted octanol–water partition coefficient (Wildman–Crippen LogP) is 4.19. The highest BCUT2D eigenvalue weighted by molar-refractivity contribution is 6.30. The van der Waals surface area contributed by atoms with Gasteiger partial charge in [0.15, 0.2) is 0 Å². The number of rotatable bonds is 4. The number of benzene rings is 2. The van der Waals surface area contributed by atoms with Gasteiger partial charge in [0.25, 0.3) is 0 Å². The summed E-state index contributed by atoms with van der Waals surface area (Å²) in [6.07, 6.45) is 0.369. The van der Waals surface area contributed by atoms with Gasteiger partial charge in [-0.05, 0) is 35.4 Å². The Hall–Kier alpha value is -1.51. The number of amides is 1. The summed E-state index contributed by atoms with van der Waals surface area (Å²) in [7, 11) is 1.79. The van der Waals surface area contributed by atoms with Crippen LogP contribution in [0.2, 0.25) is 10.0 Å². The fourth-order valence-corrected chi connectivity index (χ4v) is 2.25. The van der Waals surface area contributed by atoms with E-state index in [1.807, 2.05) is 36.4 Å². The minimum Gasteiger partial charge on any atom is -0.341 e. The van der Waals surface area contributed by atoms with Gasteiger partial charge in [-0.2, -0.15) is 0 Å². The summed E-state index contributed by atoms with van der Waals surface area (Å²) in [6, 6.07) is 14.9. The molecule has 20 heavy (non-hydrogen) atoms. The molecule has 0 fully saturated rings. The average Bonchev–Trinajstić information content (AvgIpc) is 2.41. The van der Waals surface area contributed by atoms with Crippen LogP contribution in [0.4, 0.5) is 0 Å². The summed E-state index contributed by atoms with van der Waals surface area (Å²) in [4.78, 5) is 13.8. The predicted molar refractivity (Wildman–Crippen MR) is 83.1 cm³/mol. The van der Waals surface area contributed by atoms with Crippen molar-refractivity contribution in [3.05, 3.63) is 69.7 Å². The second kappa shape index (κ2) is 6.78. The Morgan fingerprint density at radius 3 is 2.35 bits per heavy atom. The lowest BCUT2D eigenvalue weighted by Gasteiger charge is -2.17. The van der Waals surface area contributed by atoms with Crippen molar-refractivity contribution in [2.75, 3.05) is 7.05 Å². The maximum atomic E-state index is 12.1. The first kappa shape index (κ1) is 14.9. The van der Waals surface area contributed by atoms with Crippen molar-refractivity contribution in [1.29, 1.82) is 0 Å². The molecule has 2 aromatic carbocycles. The van der Waals surface area contributed by atoms with Gasteiger partial charge in [0.1, 0.15) is 0 Å². The quantitative estimate of drug-likeness (QED) is 0.829. The molecule has 0 unspecified atom stereocenters. The first-order valence-corrected chi connectivity index (χ1v) is 7.03. The van der Waals surface area contributed by atoms with Crippen molar-refractivity contribution >= 4 is 29.1 Å². The van der Waals surface area contributed by atoms with E-state index in [9.17, 15) is 4.79 Å². The number of halogens is 2. The van der Waals surface area contributed by atoms with Gasteiger partial charge in [0.05, 0.1) is 6.42 Å². The van der Waals surface area contributed by atoms with E-state index in [1.54, 1.807) is 24.1 Å². The third kappa shape index (κ3) is 4.26. The van der Waals surface area contributed by atoms with Crippen molar-refractivity contribution in [3.8, 4) is 0 Å². The molecule has 0 bridgehead atoms. The van der Waals surface area contributed by atoms with Crippen molar-refractivity contribution in [2.24, 2.45) is 0 Å². The molecule has 1 amide bonds. The highest BCUT2D eigenvalue weighted by atomic mass is 35.5. The molecule has 0 aliphatic heterocycles. The molecule has 0 N–H and O–H groups in total. The van der Waals surface area contributed by atoms with Crippen molar-refractivity contribution in [1.82, 2.24) is 4.90 Å². The first-order valence-electron chi connectivity index (χ1n) is 6.27. The van der Waals surface area contributed by atoms with Gasteiger partial charge in [-0.1, -0.05) is 47.5 Å². The van der Waals surface area contributed by atoms with Crippen LogP contribution < -0.4 is 0 Å². The molecule has 0 saturated carbocycles.